The van der Waals surface area contributed by atoms with Gasteiger partial charge in [0.15, 0.2) is 0 Å². The van der Waals surface area contributed by atoms with Crippen molar-refractivity contribution in [2.75, 3.05) is 31.6 Å². The molecule has 2 aromatic rings. The number of nitrogens with zero attached hydrogens (tertiary/aromatic N) is 1. The molecule has 0 unspecified atom stereocenters. The second-order valence-corrected chi connectivity index (χ2v) is 5.81. The van der Waals surface area contributed by atoms with Crippen LogP contribution in [0, 0.1) is 6.92 Å². The Morgan fingerprint density at radius 1 is 1.00 bits per heavy atom. The fourth-order valence-electron chi connectivity index (χ4n) is 2.63. The van der Waals surface area contributed by atoms with Gasteiger partial charge >= 0.3 is 0 Å². The Morgan fingerprint density at radius 2 is 1.71 bits per heavy atom. The third kappa shape index (κ3) is 3.81. The standard InChI is InChI=1S/C19H20N2O3/c1-14-3-2-4-16(13-14)18(22)20-17-7-5-15(6-8-17)19(23)21-9-11-24-12-10-21/h2-8,13H,9-12H2,1H3,(H,20,22). The first-order valence-electron chi connectivity index (χ1n) is 7.98. The molecule has 0 aliphatic carbocycles. The maximum Gasteiger partial charge on any atom is 0.255 e. The molecule has 0 saturated carbocycles. The Labute approximate surface area is 141 Å². The van der Waals surface area contributed by atoms with Crippen LogP contribution in [-0.4, -0.2) is 43.0 Å². The second-order valence-electron chi connectivity index (χ2n) is 5.81. The SMILES string of the molecule is Cc1cccc(C(=O)Nc2ccc(C(=O)N3CCOCC3)cc2)c1. The van der Waals surface area contributed by atoms with Crippen molar-refractivity contribution in [3.8, 4) is 0 Å². The van der Waals surface area contributed by atoms with Crippen LogP contribution in [0.3, 0.4) is 0 Å². The molecule has 0 spiro atoms. The molecule has 1 heterocycles. The second kappa shape index (κ2) is 7.27. The van der Waals surface area contributed by atoms with E-state index in [1.807, 2.05) is 25.1 Å². The van der Waals surface area contributed by atoms with Crippen molar-refractivity contribution in [1.82, 2.24) is 4.90 Å². The van der Waals surface area contributed by atoms with Gasteiger partial charge in [0.05, 0.1) is 13.2 Å². The minimum absolute atomic E-state index is 0.00476. The van der Waals surface area contributed by atoms with Crippen LogP contribution >= 0.6 is 0 Å². The first kappa shape index (κ1) is 16.2. The molecule has 1 saturated heterocycles. The Hall–Kier alpha value is -2.66. The molecule has 2 amide bonds. The molecule has 24 heavy (non-hydrogen) atoms. The highest BCUT2D eigenvalue weighted by Crippen LogP contribution is 2.14. The van der Waals surface area contributed by atoms with Crippen LogP contribution < -0.4 is 5.32 Å². The third-order valence-electron chi connectivity index (χ3n) is 3.97. The van der Waals surface area contributed by atoms with E-state index in [0.29, 0.717) is 43.1 Å². The van der Waals surface area contributed by atoms with E-state index in [0.717, 1.165) is 5.56 Å². The maximum absolute atomic E-state index is 12.4. The molecule has 1 aliphatic rings. The zero-order chi connectivity index (χ0) is 16.9. The summed E-state index contributed by atoms with van der Waals surface area (Å²) in [5, 5.41) is 2.85. The predicted octanol–water partition coefficient (Wildman–Crippen LogP) is 2.72. The van der Waals surface area contributed by atoms with Gasteiger partial charge in [-0.15, -0.1) is 0 Å². The van der Waals surface area contributed by atoms with Crippen LogP contribution in [0.4, 0.5) is 5.69 Å². The largest absolute Gasteiger partial charge is 0.378 e. The van der Waals surface area contributed by atoms with Gasteiger partial charge in [-0.05, 0) is 43.3 Å². The number of rotatable bonds is 3. The molecular weight excluding hydrogens is 304 g/mol. The number of carbonyl (C=O) groups excluding carboxylic acids is 2. The van der Waals surface area contributed by atoms with Crippen molar-refractivity contribution in [2.24, 2.45) is 0 Å². The molecule has 0 bridgehead atoms. The van der Waals surface area contributed by atoms with Crippen molar-refractivity contribution >= 4 is 17.5 Å². The molecular formula is C19H20N2O3. The van der Waals surface area contributed by atoms with Crippen molar-refractivity contribution in [3.63, 3.8) is 0 Å². The first-order valence-corrected chi connectivity index (χ1v) is 7.98. The first-order chi connectivity index (χ1) is 11.6. The predicted molar refractivity (Wildman–Crippen MR) is 92.3 cm³/mol. The Kier molecular flexibility index (Phi) is 4.91. The smallest absolute Gasteiger partial charge is 0.255 e. The van der Waals surface area contributed by atoms with E-state index in [4.69, 9.17) is 4.74 Å². The van der Waals surface area contributed by atoms with Crippen molar-refractivity contribution in [1.29, 1.82) is 0 Å². The van der Waals surface area contributed by atoms with Crippen molar-refractivity contribution in [2.45, 2.75) is 6.92 Å². The highest BCUT2D eigenvalue weighted by molar-refractivity contribution is 6.04. The molecule has 5 heteroatoms. The van der Waals surface area contributed by atoms with Gasteiger partial charge in [0, 0.05) is 29.9 Å². The average Bonchev–Trinajstić information content (AvgIpc) is 2.62. The number of nitrogens with one attached hydrogen (secondary N) is 1. The van der Waals surface area contributed by atoms with Gasteiger partial charge in [-0.1, -0.05) is 17.7 Å². The molecule has 1 aliphatic heterocycles. The molecule has 0 radical (unpaired) electrons. The van der Waals surface area contributed by atoms with Crippen LogP contribution in [-0.2, 0) is 4.74 Å². The number of ether oxygens (including phenoxy) is 1. The number of amides is 2. The van der Waals surface area contributed by atoms with Gasteiger partial charge < -0.3 is 15.0 Å². The molecule has 1 fully saturated rings. The minimum atomic E-state index is -0.161. The summed E-state index contributed by atoms with van der Waals surface area (Å²) in [5.74, 6) is -0.166. The van der Waals surface area contributed by atoms with Crippen LogP contribution in [0.15, 0.2) is 48.5 Å². The topological polar surface area (TPSA) is 58.6 Å². The minimum Gasteiger partial charge on any atom is -0.378 e. The van der Waals surface area contributed by atoms with Crippen LogP contribution in [0.5, 0.6) is 0 Å². The third-order valence-corrected chi connectivity index (χ3v) is 3.97. The number of carbonyl (C=O) groups is 2. The number of anilines is 1. The molecule has 0 atom stereocenters. The lowest BCUT2D eigenvalue weighted by Gasteiger charge is -2.26. The molecule has 124 valence electrons. The summed E-state index contributed by atoms with van der Waals surface area (Å²) in [6.07, 6.45) is 0. The lowest BCUT2D eigenvalue weighted by molar-refractivity contribution is 0.0303. The fraction of sp³-hybridized carbons (Fsp3) is 0.263. The number of hydrogen-bond acceptors (Lipinski definition) is 3. The van der Waals surface area contributed by atoms with E-state index in [2.05, 4.69) is 5.32 Å². The van der Waals surface area contributed by atoms with Gasteiger partial charge in [-0.3, -0.25) is 9.59 Å². The van der Waals surface area contributed by atoms with Crippen molar-refractivity contribution < 1.29 is 14.3 Å². The number of benzene rings is 2. The van der Waals surface area contributed by atoms with E-state index in [1.54, 1.807) is 35.2 Å². The monoisotopic (exact) mass is 324 g/mol. The summed E-state index contributed by atoms with van der Waals surface area (Å²) in [7, 11) is 0. The number of morpholine rings is 1. The normalized spacial score (nSPS) is 14.3. The summed E-state index contributed by atoms with van der Waals surface area (Å²) in [6, 6.07) is 14.4. The van der Waals surface area contributed by atoms with Crippen LogP contribution in [0.25, 0.3) is 0 Å². The molecule has 2 aromatic carbocycles. The summed E-state index contributed by atoms with van der Waals surface area (Å²) in [4.78, 5) is 26.4. The van der Waals surface area contributed by atoms with E-state index in [1.165, 1.54) is 0 Å². The van der Waals surface area contributed by atoms with E-state index < -0.39 is 0 Å². The van der Waals surface area contributed by atoms with E-state index >= 15 is 0 Å². The molecule has 5 nitrogen and oxygen atoms in total. The average molecular weight is 324 g/mol. The van der Waals surface area contributed by atoms with Crippen LogP contribution in [0.2, 0.25) is 0 Å². The van der Waals surface area contributed by atoms with Gasteiger partial charge in [0.25, 0.3) is 11.8 Å². The highest BCUT2D eigenvalue weighted by atomic mass is 16.5. The summed E-state index contributed by atoms with van der Waals surface area (Å²) < 4.78 is 5.26. The summed E-state index contributed by atoms with van der Waals surface area (Å²) >= 11 is 0. The Balaban J connectivity index is 1.66. The quantitative estimate of drug-likeness (QED) is 0.944. The van der Waals surface area contributed by atoms with Crippen LogP contribution in [0.1, 0.15) is 26.3 Å². The fourth-order valence-corrected chi connectivity index (χ4v) is 2.63. The van der Waals surface area contributed by atoms with Gasteiger partial charge in [-0.25, -0.2) is 0 Å². The number of aryl methyl sites for hydroxylation is 1. The van der Waals surface area contributed by atoms with Gasteiger partial charge in [0.2, 0.25) is 0 Å². The van der Waals surface area contributed by atoms with Gasteiger partial charge in [0.1, 0.15) is 0 Å². The Bertz CT molecular complexity index is 735. The molecule has 1 N–H and O–H groups in total. The Morgan fingerprint density at radius 3 is 2.38 bits per heavy atom. The van der Waals surface area contributed by atoms with Gasteiger partial charge in [-0.2, -0.15) is 0 Å². The lowest BCUT2D eigenvalue weighted by Crippen LogP contribution is -2.40. The number of hydrogen-bond donors (Lipinski definition) is 1. The zero-order valence-electron chi connectivity index (χ0n) is 13.6. The summed E-state index contributed by atoms with van der Waals surface area (Å²) in [5.41, 5.74) is 2.93. The molecule has 3 rings (SSSR count). The highest BCUT2D eigenvalue weighted by Gasteiger charge is 2.18. The molecule has 0 aromatic heterocycles. The van der Waals surface area contributed by atoms with Crippen molar-refractivity contribution in [3.05, 3.63) is 65.2 Å². The van der Waals surface area contributed by atoms with E-state index in [-0.39, 0.29) is 11.8 Å². The lowest BCUT2D eigenvalue weighted by atomic mass is 10.1. The maximum atomic E-state index is 12.4. The van der Waals surface area contributed by atoms with E-state index in [9.17, 15) is 9.59 Å². The summed E-state index contributed by atoms with van der Waals surface area (Å²) in [6.45, 7) is 4.34. The zero-order valence-corrected chi connectivity index (χ0v) is 13.6.